The van der Waals surface area contributed by atoms with Crippen LogP contribution >= 0.6 is 0 Å². The zero-order chi connectivity index (χ0) is 16.3. The molecule has 0 unspecified atom stereocenters. The van der Waals surface area contributed by atoms with Gasteiger partial charge in [0.1, 0.15) is 6.54 Å². The van der Waals surface area contributed by atoms with Gasteiger partial charge in [-0.25, -0.2) is 0 Å². The van der Waals surface area contributed by atoms with Gasteiger partial charge in [-0.1, -0.05) is 24.3 Å². The maximum atomic E-state index is 12.6. The molecule has 1 fully saturated rings. The molecule has 5 heteroatoms. The first-order chi connectivity index (χ1) is 10.4. The van der Waals surface area contributed by atoms with Crippen molar-refractivity contribution in [1.29, 1.82) is 0 Å². The molecule has 1 aliphatic rings. The summed E-state index contributed by atoms with van der Waals surface area (Å²) >= 11 is 0. The zero-order valence-electron chi connectivity index (χ0n) is 13.5. The number of carbonyl (C=O) groups is 2. The van der Waals surface area contributed by atoms with E-state index in [1.54, 1.807) is 0 Å². The van der Waals surface area contributed by atoms with Crippen LogP contribution in [0.5, 0.6) is 0 Å². The summed E-state index contributed by atoms with van der Waals surface area (Å²) < 4.78 is 0. The molecule has 0 saturated heterocycles. The van der Waals surface area contributed by atoms with Gasteiger partial charge in [0.05, 0.1) is 0 Å². The van der Waals surface area contributed by atoms with Gasteiger partial charge in [0, 0.05) is 19.0 Å². The van der Waals surface area contributed by atoms with Crippen molar-refractivity contribution < 1.29 is 14.7 Å². The van der Waals surface area contributed by atoms with E-state index < -0.39 is 5.97 Å². The van der Waals surface area contributed by atoms with Crippen LogP contribution in [0.2, 0.25) is 0 Å². The third-order valence-corrected chi connectivity index (χ3v) is 4.15. The van der Waals surface area contributed by atoms with E-state index in [2.05, 4.69) is 19.1 Å². The van der Waals surface area contributed by atoms with Crippen molar-refractivity contribution >= 4 is 11.9 Å². The van der Waals surface area contributed by atoms with E-state index in [4.69, 9.17) is 5.11 Å². The summed E-state index contributed by atoms with van der Waals surface area (Å²) in [6, 6.07) is 8.10. The Morgan fingerprint density at radius 2 is 1.91 bits per heavy atom. The molecular weight excluding hydrogens is 280 g/mol. The molecule has 5 nitrogen and oxygen atoms in total. The normalized spacial score (nSPS) is 20.0. The Bertz CT molecular complexity index is 557. The molecule has 1 amide bonds. The SMILES string of the molecule is Cc1ccccc1[C@H]1C[C@H]1C(=O)N(CCN(C)C)CC(=O)O. The molecular formula is C17H24N2O3. The molecule has 1 N–H and O–H groups in total. The van der Waals surface area contributed by atoms with Gasteiger partial charge in [0.15, 0.2) is 0 Å². The maximum absolute atomic E-state index is 12.6. The Morgan fingerprint density at radius 3 is 2.50 bits per heavy atom. The first-order valence-electron chi connectivity index (χ1n) is 7.61. The Hall–Kier alpha value is -1.88. The van der Waals surface area contributed by atoms with Crippen LogP contribution in [0, 0.1) is 12.8 Å². The summed E-state index contributed by atoms with van der Waals surface area (Å²) in [5.74, 6) is -0.815. The van der Waals surface area contributed by atoms with Crippen LogP contribution in [-0.4, -0.2) is 60.5 Å². The lowest BCUT2D eigenvalue weighted by Crippen LogP contribution is -2.41. The van der Waals surface area contributed by atoms with Crippen molar-refractivity contribution in [2.24, 2.45) is 5.92 Å². The molecule has 2 atom stereocenters. The molecule has 0 heterocycles. The summed E-state index contributed by atoms with van der Waals surface area (Å²) in [4.78, 5) is 27.0. The maximum Gasteiger partial charge on any atom is 0.323 e. The van der Waals surface area contributed by atoms with Crippen LogP contribution in [0.1, 0.15) is 23.5 Å². The number of aliphatic carboxylic acids is 1. The minimum atomic E-state index is -0.958. The second kappa shape index (κ2) is 6.92. The summed E-state index contributed by atoms with van der Waals surface area (Å²) in [6.07, 6.45) is 0.821. The van der Waals surface area contributed by atoms with Crippen molar-refractivity contribution in [2.75, 3.05) is 33.7 Å². The first-order valence-corrected chi connectivity index (χ1v) is 7.61. The quantitative estimate of drug-likeness (QED) is 0.831. The van der Waals surface area contributed by atoms with E-state index in [-0.39, 0.29) is 24.3 Å². The zero-order valence-corrected chi connectivity index (χ0v) is 13.5. The van der Waals surface area contributed by atoms with E-state index in [0.717, 1.165) is 6.42 Å². The number of amides is 1. The van der Waals surface area contributed by atoms with Gasteiger partial charge in [-0.05, 0) is 44.5 Å². The smallest absolute Gasteiger partial charge is 0.323 e. The topological polar surface area (TPSA) is 60.9 Å². The van der Waals surface area contributed by atoms with Crippen molar-refractivity contribution in [1.82, 2.24) is 9.80 Å². The minimum absolute atomic E-state index is 0.0301. The number of hydrogen-bond acceptors (Lipinski definition) is 3. The number of likely N-dealkylation sites (N-methyl/N-ethyl adjacent to an activating group) is 1. The highest BCUT2D eigenvalue weighted by Gasteiger charge is 2.46. The van der Waals surface area contributed by atoms with Gasteiger partial charge in [0.25, 0.3) is 0 Å². The molecule has 1 aliphatic carbocycles. The van der Waals surface area contributed by atoms with Gasteiger partial charge in [0.2, 0.25) is 5.91 Å². The molecule has 0 aliphatic heterocycles. The minimum Gasteiger partial charge on any atom is -0.480 e. The van der Waals surface area contributed by atoms with Gasteiger partial charge in [-0.2, -0.15) is 0 Å². The molecule has 2 rings (SSSR count). The lowest BCUT2D eigenvalue weighted by molar-refractivity contribution is -0.145. The molecule has 1 saturated carbocycles. The number of hydrogen-bond donors (Lipinski definition) is 1. The van der Waals surface area contributed by atoms with Crippen molar-refractivity contribution in [3.8, 4) is 0 Å². The van der Waals surface area contributed by atoms with Gasteiger partial charge >= 0.3 is 5.97 Å². The van der Waals surface area contributed by atoms with E-state index in [1.807, 2.05) is 31.1 Å². The number of aryl methyl sites for hydroxylation is 1. The fourth-order valence-electron chi connectivity index (χ4n) is 2.80. The second-order valence-electron chi connectivity index (χ2n) is 6.26. The molecule has 0 aromatic heterocycles. The van der Waals surface area contributed by atoms with Crippen LogP contribution in [0.4, 0.5) is 0 Å². The highest BCUT2D eigenvalue weighted by Crippen LogP contribution is 2.49. The fraction of sp³-hybridized carbons (Fsp3) is 0.529. The monoisotopic (exact) mass is 304 g/mol. The predicted octanol–water partition coefficient (Wildman–Crippen LogP) is 1.57. The number of benzene rings is 1. The Balaban J connectivity index is 2.02. The number of carboxylic acids is 1. The molecule has 1 aromatic carbocycles. The lowest BCUT2D eigenvalue weighted by atomic mass is 10.0. The average Bonchev–Trinajstić information content (AvgIpc) is 3.23. The number of carbonyl (C=O) groups excluding carboxylic acids is 1. The average molecular weight is 304 g/mol. The number of nitrogens with zero attached hydrogens (tertiary/aromatic N) is 2. The molecule has 0 radical (unpaired) electrons. The number of rotatable bonds is 7. The van der Waals surface area contributed by atoms with Crippen molar-refractivity contribution in [3.63, 3.8) is 0 Å². The third kappa shape index (κ3) is 4.07. The summed E-state index contributed by atoms with van der Waals surface area (Å²) in [6.45, 7) is 2.95. The van der Waals surface area contributed by atoms with Crippen LogP contribution in [-0.2, 0) is 9.59 Å². The predicted molar refractivity (Wildman–Crippen MR) is 84.8 cm³/mol. The van der Waals surface area contributed by atoms with Gasteiger partial charge < -0.3 is 14.9 Å². The van der Waals surface area contributed by atoms with Crippen LogP contribution in [0.3, 0.4) is 0 Å². The fourth-order valence-corrected chi connectivity index (χ4v) is 2.80. The van der Waals surface area contributed by atoms with Crippen molar-refractivity contribution in [2.45, 2.75) is 19.3 Å². The summed E-state index contributed by atoms with van der Waals surface area (Å²) in [5.41, 5.74) is 2.41. The number of carboxylic acid groups (broad SMARTS) is 1. The first kappa shape index (κ1) is 16.5. The lowest BCUT2D eigenvalue weighted by Gasteiger charge is -2.23. The summed E-state index contributed by atoms with van der Waals surface area (Å²) in [5, 5.41) is 9.02. The molecule has 120 valence electrons. The molecule has 1 aromatic rings. The third-order valence-electron chi connectivity index (χ3n) is 4.15. The van der Waals surface area contributed by atoms with Crippen LogP contribution in [0.25, 0.3) is 0 Å². The molecule has 0 bridgehead atoms. The Labute approximate surface area is 131 Å². The Morgan fingerprint density at radius 1 is 1.23 bits per heavy atom. The van der Waals surface area contributed by atoms with E-state index >= 15 is 0 Å². The largest absolute Gasteiger partial charge is 0.480 e. The van der Waals surface area contributed by atoms with E-state index in [0.29, 0.717) is 13.1 Å². The molecule has 22 heavy (non-hydrogen) atoms. The van der Waals surface area contributed by atoms with E-state index in [9.17, 15) is 9.59 Å². The van der Waals surface area contributed by atoms with Gasteiger partial charge in [-0.15, -0.1) is 0 Å². The highest BCUT2D eigenvalue weighted by atomic mass is 16.4. The van der Waals surface area contributed by atoms with Crippen LogP contribution < -0.4 is 0 Å². The van der Waals surface area contributed by atoms with Gasteiger partial charge in [-0.3, -0.25) is 9.59 Å². The summed E-state index contributed by atoms with van der Waals surface area (Å²) in [7, 11) is 3.83. The van der Waals surface area contributed by atoms with E-state index in [1.165, 1.54) is 16.0 Å². The van der Waals surface area contributed by atoms with Crippen molar-refractivity contribution in [3.05, 3.63) is 35.4 Å². The van der Waals surface area contributed by atoms with Crippen LogP contribution in [0.15, 0.2) is 24.3 Å². The second-order valence-corrected chi connectivity index (χ2v) is 6.26. The highest BCUT2D eigenvalue weighted by molar-refractivity contribution is 5.86. The molecule has 0 spiro atoms. The standard InChI is InChI=1S/C17H24N2O3/c1-12-6-4-5-7-13(12)14-10-15(14)17(22)19(11-16(20)21)9-8-18(2)3/h4-7,14-15H,8-11H2,1-3H3,(H,20,21)/t14-,15-/m1/s1. The Kier molecular flexibility index (Phi) is 5.19.